The molecule has 0 aliphatic rings. The molecule has 2 rings (SSSR count). The van der Waals surface area contributed by atoms with Gasteiger partial charge in [-0.1, -0.05) is 16.1 Å². The summed E-state index contributed by atoms with van der Waals surface area (Å²) in [6.45, 7) is 0. The Labute approximate surface area is 94.3 Å². The third-order valence-corrected chi connectivity index (χ3v) is 2.39. The van der Waals surface area contributed by atoms with E-state index in [9.17, 15) is 4.79 Å². The minimum atomic E-state index is -0.259. The fourth-order valence-electron chi connectivity index (χ4n) is 0.916. The number of hydrogen-bond acceptors (Lipinski definition) is 5. The van der Waals surface area contributed by atoms with E-state index in [4.69, 9.17) is 11.6 Å². The standard InChI is InChI=1S/C8H5ClN4OS/c9-6-2-1-5(3-10-6)8(14)12-7-4-11-13-15-7/h1-4H,(H,12,14). The summed E-state index contributed by atoms with van der Waals surface area (Å²) in [5.74, 6) is -0.259. The topological polar surface area (TPSA) is 67.8 Å². The molecule has 0 aliphatic heterocycles. The second-order valence-corrected chi connectivity index (χ2v) is 3.78. The van der Waals surface area contributed by atoms with Crippen molar-refractivity contribution < 1.29 is 4.79 Å². The van der Waals surface area contributed by atoms with Crippen LogP contribution in [0.4, 0.5) is 5.00 Å². The highest BCUT2D eigenvalue weighted by Gasteiger charge is 2.07. The highest BCUT2D eigenvalue weighted by atomic mass is 35.5. The van der Waals surface area contributed by atoms with Crippen LogP contribution in [0, 0.1) is 0 Å². The van der Waals surface area contributed by atoms with Crippen molar-refractivity contribution in [2.75, 3.05) is 5.32 Å². The number of rotatable bonds is 2. The summed E-state index contributed by atoms with van der Waals surface area (Å²) in [6, 6.07) is 3.15. The summed E-state index contributed by atoms with van der Waals surface area (Å²) in [5.41, 5.74) is 0.438. The lowest BCUT2D eigenvalue weighted by molar-refractivity contribution is 0.102. The summed E-state index contributed by atoms with van der Waals surface area (Å²) in [5, 5.41) is 7.17. The Morgan fingerprint density at radius 3 is 2.87 bits per heavy atom. The molecule has 0 aromatic carbocycles. The van der Waals surface area contributed by atoms with Gasteiger partial charge in [0.05, 0.1) is 11.8 Å². The first-order chi connectivity index (χ1) is 7.25. The van der Waals surface area contributed by atoms with Crippen molar-refractivity contribution in [1.82, 2.24) is 14.6 Å². The number of halogens is 1. The number of carbonyl (C=O) groups is 1. The molecule has 0 unspecified atom stereocenters. The number of carbonyl (C=O) groups excluding carboxylic acids is 1. The monoisotopic (exact) mass is 240 g/mol. The Bertz CT molecular complexity index is 456. The molecule has 1 amide bonds. The average molecular weight is 241 g/mol. The number of pyridine rings is 1. The number of nitrogens with one attached hydrogen (secondary N) is 1. The van der Waals surface area contributed by atoms with Gasteiger partial charge in [0.25, 0.3) is 5.91 Å². The zero-order valence-electron chi connectivity index (χ0n) is 7.35. The van der Waals surface area contributed by atoms with Gasteiger partial charge >= 0.3 is 0 Å². The van der Waals surface area contributed by atoms with E-state index in [0.29, 0.717) is 15.7 Å². The maximum absolute atomic E-state index is 11.6. The second-order valence-electron chi connectivity index (χ2n) is 2.61. The number of amides is 1. The van der Waals surface area contributed by atoms with Gasteiger partial charge in [0.15, 0.2) is 0 Å². The fourth-order valence-corrected chi connectivity index (χ4v) is 1.44. The molecular formula is C8H5ClN4OS. The zero-order valence-corrected chi connectivity index (χ0v) is 8.92. The van der Waals surface area contributed by atoms with Crippen molar-refractivity contribution in [1.29, 1.82) is 0 Å². The normalized spacial score (nSPS) is 9.93. The lowest BCUT2D eigenvalue weighted by Gasteiger charge is -2.00. The van der Waals surface area contributed by atoms with E-state index in [2.05, 4.69) is 19.9 Å². The number of anilines is 1. The molecule has 0 spiro atoms. The highest BCUT2D eigenvalue weighted by molar-refractivity contribution is 7.10. The third-order valence-electron chi connectivity index (χ3n) is 1.59. The lowest BCUT2D eigenvalue weighted by atomic mass is 10.3. The van der Waals surface area contributed by atoms with Gasteiger partial charge in [-0.25, -0.2) is 4.98 Å². The van der Waals surface area contributed by atoms with Gasteiger partial charge in [-0.05, 0) is 12.1 Å². The predicted octanol–water partition coefficient (Wildman–Crippen LogP) is 1.84. The Morgan fingerprint density at radius 1 is 1.40 bits per heavy atom. The summed E-state index contributed by atoms with van der Waals surface area (Å²) >= 11 is 6.71. The molecule has 0 bridgehead atoms. The van der Waals surface area contributed by atoms with Crippen molar-refractivity contribution in [2.24, 2.45) is 0 Å². The summed E-state index contributed by atoms with van der Waals surface area (Å²) in [4.78, 5) is 15.4. The summed E-state index contributed by atoms with van der Waals surface area (Å²) in [7, 11) is 0. The van der Waals surface area contributed by atoms with Crippen LogP contribution in [0.25, 0.3) is 0 Å². The van der Waals surface area contributed by atoms with Crippen LogP contribution in [0.3, 0.4) is 0 Å². The maximum Gasteiger partial charge on any atom is 0.257 e. The van der Waals surface area contributed by atoms with Crippen molar-refractivity contribution in [3.05, 3.63) is 35.2 Å². The van der Waals surface area contributed by atoms with Gasteiger partial charge in [0.2, 0.25) is 0 Å². The molecule has 0 atom stereocenters. The maximum atomic E-state index is 11.6. The van der Waals surface area contributed by atoms with E-state index in [0.717, 1.165) is 11.5 Å². The largest absolute Gasteiger partial charge is 0.311 e. The molecule has 0 radical (unpaired) electrons. The molecule has 0 fully saturated rings. The quantitative estimate of drug-likeness (QED) is 0.814. The van der Waals surface area contributed by atoms with Crippen LogP contribution in [0.5, 0.6) is 0 Å². The molecule has 1 N–H and O–H groups in total. The van der Waals surface area contributed by atoms with E-state index in [1.54, 1.807) is 12.1 Å². The highest BCUT2D eigenvalue weighted by Crippen LogP contribution is 2.12. The number of aromatic nitrogens is 3. The molecule has 76 valence electrons. The van der Waals surface area contributed by atoms with Gasteiger partial charge in [-0.2, -0.15) is 0 Å². The Kier molecular flexibility index (Phi) is 2.89. The molecule has 15 heavy (non-hydrogen) atoms. The smallest absolute Gasteiger partial charge is 0.257 e. The molecule has 2 aromatic rings. The zero-order chi connectivity index (χ0) is 10.7. The van der Waals surface area contributed by atoms with E-state index in [1.165, 1.54) is 12.4 Å². The molecule has 2 heterocycles. The van der Waals surface area contributed by atoms with Crippen LogP contribution in [0.2, 0.25) is 5.15 Å². The SMILES string of the molecule is O=C(Nc1cnns1)c1ccc(Cl)nc1. The molecule has 7 heteroatoms. The van der Waals surface area contributed by atoms with Crippen molar-refractivity contribution in [2.45, 2.75) is 0 Å². The van der Waals surface area contributed by atoms with Crippen LogP contribution in [-0.4, -0.2) is 20.5 Å². The fraction of sp³-hybridized carbons (Fsp3) is 0. The molecular weight excluding hydrogens is 236 g/mol. The van der Waals surface area contributed by atoms with Gasteiger partial charge < -0.3 is 5.32 Å². The van der Waals surface area contributed by atoms with Crippen LogP contribution in [0.15, 0.2) is 24.5 Å². The molecule has 5 nitrogen and oxygen atoms in total. The number of hydrogen-bond donors (Lipinski definition) is 1. The molecule has 0 saturated carbocycles. The van der Waals surface area contributed by atoms with Crippen LogP contribution < -0.4 is 5.32 Å². The van der Waals surface area contributed by atoms with Crippen molar-refractivity contribution in [3.63, 3.8) is 0 Å². The van der Waals surface area contributed by atoms with Crippen LogP contribution in [-0.2, 0) is 0 Å². The van der Waals surface area contributed by atoms with E-state index < -0.39 is 0 Å². The van der Waals surface area contributed by atoms with Gasteiger partial charge in [0.1, 0.15) is 10.2 Å². The summed E-state index contributed by atoms with van der Waals surface area (Å²) in [6.07, 6.45) is 2.89. The van der Waals surface area contributed by atoms with Crippen molar-refractivity contribution in [3.8, 4) is 0 Å². The Balaban J connectivity index is 2.11. The molecule has 0 aliphatic carbocycles. The van der Waals surface area contributed by atoms with Crippen LogP contribution in [0.1, 0.15) is 10.4 Å². The third kappa shape index (κ3) is 2.48. The number of nitrogens with zero attached hydrogens (tertiary/aromatic N) is 3. The lowest BCUT2D eigenvalue weighted by Crippen LogP contribution is -2.10. The van der Waals surface area contributed by atoms with Gasteiger partial charge in [-0.15, -0.1) is 5.10 Å². The van der Waals surface area contributed by atoms with Crippen LogP contribution >= 0.6 is 23.1 Å². The summed E-state index contributed by atoms with van der Waals surface area (Å²) < 4.78 is 3.62. The second kappa shape index (κ2) is 4.33. The minimum Gasteiger partial charge on any atom is -0.311 e. The van der Waals surface area contributed by atoms with E-state index in [-0.39, 0.29) is 5.91 Å². The van der Waals surface area contributed by atoms with E-state index >= 15 is 0 Å². The van der Waals surface area contributed by atoms with E-state index in [1.807, 2.05) is 0 Å². The average Bonchev–Trinajstić information content (AvgIpc) is 2.71. The predicted molar refractivity (Wildman–Crippen MR) is 57.1 cm³/mol. The first-order valence-electron chi connectivity index (χ1n) is 3.96. The van der Waals surface area contributed by atoms with Gasteiger partial charge in [0, 0.05) is 17.7 Å². The Hall–Kier alpha value is -1.53. The molecule has 0 saturated heterocycles. The Morgan fingerprint density at radius 2 is 2.27 bits per heavy atom. The van der Waals surface area contributed by atoms with Crippen molar-refractivity contribution >= 4 is 34.0 Å². The van der Waals surface area contributed by atoms with Gasteiger partial charge in [-0.3, -0.25) is 4.79 Å². The first kappa shape index (κ1) is 10.0. The first-order valence-corrected chi connectivity index (χ1v) is 5.11. The minimum absolute atomic E-state index is 0.259. The molecule has 2 aromatic heterocycles.